The van der Waals surface area contributed by atoms with Gasteiger partial charge in [-0.3, -0.25) is 0 Å². The van der Waals surface area contributed by atoms with Gasteiger partial charge in [0.1, 0.15) is 0 Å². The number of carboxylic acids is 1. The fourth-order valence-corrected chi connectivity index (χ4v) is 2.21. The van der Waals surface area contributed by atoms with E-state index in [4.69, 9.17) is 5.11 Å². The van der Waals surface area contributed by atoms with Gasteiger partial charge >= 0.3 is 5.97 Å². The third-order valence-corrected chi connectivity index (χ3v) is 3.17. The lowest BCUT2D eigenvalue weighted by molar-refractivity contribution is 0.0695. The molecule has 0 amide bonds. The molecule has 1 aliphatic rings. The Labute approximate surface area is 101 Å². The van der Waals surface area contributed by atoms with Crippen molar-refractivity contribution in [2.75, 3.05) is 26.2 Å². The van der Waals surface area contributed by atoms with Crippen molar-refractivity contribution in [3.8, 4) is 0 Å². The van der Waals surface area contributed by atoms with Gasteiger partial charge in [0, 0.05) is 31.5 Å². The van der Waals surface area contributed by atoms with Crippen molar-refractivity contribution >= 4 is 5.97 Å². The zero-order valence-electron chi connectivity index (χ0n) is 9.91. The van der Waals surface area contributed by atoms with Gasteiger partial charge in [-0.15, -0.1) is 0 Å². The highest BCUT2D eigenvalue weighted by atomic mass is 16.4. The number of aromatic carboxylic acids is 1. The maximum absolute atomic E-state index is 10.9. The molecule has 0 aliphatic carbocycles. The summed E-state index contributed by atoms with van der Waals surface area (Å²) < 4.78 is 0. The van der Waals surface area contributed by atoms with Crippen LogP contribution in [0.4, 0.5) is 0 Å². The van der Waals surface area contributed by atoms with Crippen LogP contribution in [0.3, 0.4) is 0 Å². The molecule has 3 N–H and O–H groups in total. The maximum Gasteiger partial charge on any atom is 0.337 e. The van der Waals surface area contributed by atoms with Crippen LogP contribution in [-0.4, -0.2) is 47.1 Å². The predicted molar refractivity (Wildman–Crippen MR) is 65.1 cm³/mol. The van der Waals surface area contributed by atoms with Crippen LogP contribution in [0.5, 0.6) is 0 Å². The first kappa shape index (κ1) is 12.1. The molecule has 0 bridgehead atoms. The summed E-state index contributed by atoms with van der Waals surface area (Å²) in [4.78, 5) is 16.3. The van der Waals surface area contributed by atoms with Crippen LogP contribution in [0.2, 0.25) is 0 Å². The minimum atomic E-state index is -0.873. The van der Waals surface area contributed by atoms with Crippen LogP contribution in [-0.2, 0) is 6.54 Å². The Kier molecular flexibility index (Phi) is 4.17. The van der Waals surface area contributed by atoms with E-state index in [1.807, 2.05) is 0 Å². The van der Waals surface area contributed by atoms with E-state index in [1.54, 1.807) is 12.3 Å². The van der Waals surface area contributed by atoms with Crippen molar-refractivity contribution in [3.63, 3.8) is 0 Å². The number of hydrogen-bond acceptors (Lipinski definition) is 3. The average Bonchev–Trinajstić information content (AvgIpc) is 2.95. The zero-order chi connectivity index (χ0) is 12.1. The summed E-state index contributed by atoms with van der Waals surface area (Å²) in [7, 11) is 0. The van der Waals surface area contributed by atoms with E-state index in [-0.39, 0.29) is 0 Å². The Morgan fingerprint density at radius 3 is 2.94 bits per heavy atom. The van der Waals surface area contributed by atoms with Gasteiger partial charge in [-0.05, 0) is 32.0 Å². The predicted octanol–water partition coefficient (Wildman–Crippen LogP) is 0.898. The molecule has 2 rings (SSSR count). The first-order chi connectivity index (χ1) is 8.27. The third-order valence-electron chi connectivity index (χ3n) is 3.17. The van der Waals surface area contributed by atoms with E-state index < -0.39 is 5.97 Å². The monoisotopic (exact) mass is 237 g/mol. The summed E-state index contributed by atoms with van der Waals surface area (Å²) in [6, 6.07) is 1.60. The molecule has 1 aromatic heterocycles. The SMILES string of the molecule is O=C(O)c1cc[nH]c1CNCCN1CCCC1. The number of aromatic amines is 1. The molecule has 0 spiro atoms. The molecule has 1 aromatic rings. The molecule has 2 heterocycles. The van der Waals surface area contributed by atoms with Crippen LogP contribution < -0.4 is 5.32 Å². The zero-order valence-corrected chi connectivity index (χ0v) is 9.91. The summed E-state index contributed by atoms with van der Waals surface area (Å²) >= 11 is 0. The van der Waals surface area contributed by atoms with Gasteiger partial charge in [-0.25, -0.2) is 4.79 Å². The first-order valence-corrected chi connectivity index (χ1v) is 6.10. The van der Waals surface area contributed by atoms with Crippen LogP contribution in [0, 0.1) is 0 Å². The highest BCUT2D eigenvalue weighted by Crippen LogP contribution is 2.07. The molecule has 0 saturated carbocycles. The smallest absolute Gasteiger partial charge is 0.337 e. The summed E-state index contributed by atoms with van der Waals surface area (Å²) in [5.41, 5.74) is 1.11. The number of nitrogens with one attached hydrogen (secondary N) is 2. The van der Waals surface area contributed by atoms with Crippen molar-refractivity contribution in [2.24, 2.45) is 0 Å². The molecule has 0 unspecified atom stereocenters. The number of carboxylic acid groups (broad SMARTS) is 1. The van der Waals surface area contributed by atoms with E-state index in [0.717, 1.165) is 18.8 Å². The molecule has 17 heavy (non-hydrogen) atoms. The highest BCUT2D eigenvalue weighted by molar-refractivity contribution is 5.88. The molecule has 5 heteroatoms. The van der Waals surface area contributed by atoms with Gasteiger partial charge in [0.25, 0.3) is 0 Å². The van der Waals surface area contributed by atoms with Crippen molar-refractivity contribution < 1.29 is 9.90 Å². The molecule has 0 aromatic carbocycles. The lowest BCUT2D eigenvalue weighted by Gasteiger charge is -2.14. The second-order valence-corrected chi connectivity index (χ2v) is 4.40. The van der Waals surface area contributed by atoms with Gasteiger partial charge in [0.2, 0.25) is 0 Å². The van der Waals surface area contributed by atoms with E-state index in [0.29, 0.717) is 12.1 Å². The van der Waals surface area contributed by atoms with Crippen LogP contribution in [0.25, 0.3) is 0 Å². The minimum absolute atomic E-state index is 0.360. The lowest BCUT2D eigenvalue weighted by Crippen LogP contribution is -2.30. The number of likely N-dealkylation sites (tertiary alicyclic amines) is 1. The number of H-pyrrole nitrogens is 1. The van der Waals surface area contributed by atoms with E-state index in [1.165, 1.54) is 25.9 Å². The summed E-state index contributed by atoms with van der Waals surface area (Å²) in [6.07, 6.45) is 4.28. The van der Waals surface area contributed by atoms with Gasteiger partial charge < -0.3 is 20.3 Å². The Hall–Kier alpha value is -1.33. The maximum atomic E-state index is 10.9. The number of hydrogen-bond donors (Lipinski definition) is 3. The topological polar surface area (TPSA) is 68.4 Å². The largest absolute Gasteiger partial charge is 0.478 e. The van der Waals surface area contributed by atoms with Gasteiger partial charge in [0.05, 0.1) is 5.56 Å². The van der Waals surface area contributed by atoms with Crippen molar-refractivity contribution in [3.05, 3.63) is 23.5 Å². The summed E-state index contributed by atoms with van der Waals surface area (Å²) in [5.74, 6) is -0.873. The standard InChI is InChI=1S/C12H19N3O2/c16-12(17)10-3-4-14-11(10)9-13-5-8-15-6-1-2-7-15/h3-4,13-14H,1-2,5-9H2,(H,16,17). The second-order valence-electron chi connectivity index (χ2n) is 4.40. The van der Waals surface area contributed by atoms with Gasteiger partial charge in [-0.1, -0.05) is 0 Å². The van der Waals surface area contributed by atoms with E-state index in [9.17, 15) is 4.79 Å². The molecule has 1 fully saturated rings. The van der Waals surface area contributed by atoms with Crippen LogP contribution in [0.1, 0.15) is 28.9 Å². The average molecular weight is 237 g/mol. The third kappa shape index (κ3) is 3.31. The Morgan fingerprint density at radius 2 is 2.24 bits per heavy atom. The van der Waals surface area contributed by atoms with Crippen molar-refractivity contribution in [2.45, 2.75) is 19.4 Å². The molecule has 0 atom stereocenters. The summed E-state index contributed by atoms with van der Waals surface area (Å²) in [5, 5.41) is 12.2. The molecule has 94 valence electrons. The molecule has 5 nitrogen and oxygen atoms in total. The Bertz CT molecular complexity index is 370. The normalized spacial score (nSPS) is 16.5. The quantitative estimate of drug-likeness (QED) is 0.643. The fourth-order valence-electron chi connectivity index (χ4n) is 2.21. The molecular weight excluding hydrogens is 218 g/mol. The highest BCUT2D eigenvalue weighted by Gasteiger charge is 2.12. The van der Waals surface area contributed by atoms with Gasteiger partial charge in [0.15, 0.2) is 0 Å². The minimum Gasteiger partial charge on any atom is -0.478 e. The molecule has 1 aliphatic heterocycles. The Morgan fingerprint density at radius 1 is 1.47 bits per heavy atom. The molecular formula is C12H19N3O2. The number of carbonyl (C=O) groups is 1. The molecule has 1 saturated heterocycles. The van der Waals surface area contributed by atoms with E-state index in [2.05, 4.69) is 15.2 Å². The molecule has 0 radical (unpaired) electrons. The summed E-state index contributed by atoms with van der Waals surface area (Å²) in [6.45, 7) is 4.93. The first-order valence-electron chi connectivity index (χ1n) is 6.10. The van der Waals surface area contributed by atoms with Crippen LogP contribution >= 0.6 is 0 Å². The van der Waals surface area contributed by atoms with E-state index >= 15 is 0 Å². The number of rotatable bonds is 6. The van der Waals surface area contributed by atoms with Crippen molar-refractivity contribution in [1.82, 2.24) is 15.2 Å². The number of nitrogens with zero attached hydrogens (tertiary/aromatic N) is 1. The fraction of sp³-hybridized carbons (Fsp3) is 0.583. The Balaban J connectivity index is 1.70. The van der Waals surface area contributed by atoms with Crippen LogP contribution in [0.15, 0.2) is 12.3 Å². The van der Waals surface area contributed by atoms with Gasteiger partial charge in [-0.2, -0.15) is 0 Å². The number of aromatic nitrogens is 1. The van der Waals surface area contributed by atoms with Crippen molar-refractivity contribution in [1.29, 1.82) is 0 Å². The second kappa shape index (κ2) is 5.84. The lowest BCUT2D eigenvalue weighted by atomic mass is 10.2.